The normalized spacial score (nSPS) is 18.8. The molecular weight excluding hydrogens is 236 g/mol. The fourth-order valence-corrected chi connectivity index (χ4v) is 3.20. The Labute approximate surface area is 114 Å². The highest BCUT2D eigenvalue weighted by Crippen LogP contribution is 2.33. The molecule has 0 saturated heterocycles. The van der Waals surface area contributed by atoms with Gasteiger partial charge in [0.2, 0.25) is 0 Å². The van der Waals surface area contributed by atoms with E-state index < -0.39 is 0 Å². The highest BCUT2D eigenvalue weighted by molar-refractivity contribution is 5.77. The maximum atomic E-state index is 5.92. The second kappa shape index (κ2) is 5.76. The summed E-state index contributed by atoms with van der Waals surface area (Å²) in [4.78, 5) is 0. The predicted molar refractivity (Wildman–Crippen MR) is 77.5 cm³/mol. The molecule has 1 saturated carbocycles. The number of hydrazine groups is 1. The van der Waals surface area contributed by atoms with Gasteiger partial charge in [-0.05, 0) is 24.5 Å². The van der Waals surface area contributed by atoms with Crippen molar-refractivity contribution in [1.82, 2.24) is 5.43 Å². The zero-order valence-corrected chi connectivity index (χ0v) is 11.3. The van der Waals surface area contributed by atoms with E-state index in [0.717, 1.165) is 29.1 Å². The SMILES string of the molecule is NNC(CC1CCCCC1)c1cc2ccccc2o1. The molecule has 0 amide bonds. The summed E-state index contributed by atoms with van der Waals surface area (Å²) < 4.78 is 5.92. The summed E-state index contributed by atoms with van der Waals surface area (Å²) in [6.45, 7) is 0. The minimum atomic E-state index is 0.135. The molecule has 1 aromatic carbocycles. The molecule has 0 bridgehead atoms. The molecule has 1 heterocycles. The molecule has 1 aliphatic carbocycles. The van der Waals surface area contributed by atoms with E-state index in [-0.39, 0.29) is 6.04 Å². The number of nitrogens with one attached hydrogen (secondary N) is 1. The van der Waals surface area contributed by atoms with Crippen LogP contribution < -0.4 is 11.3 Å². The van der Waals surface area contributed by atoms with Gasteiger partial charge >= 0.3 is 0 Å². The Hall–Kier alpha value is -1.32. The van der Waals surface area contributed by atoms with Crippen LogP contribution in [0, 0.1) is 5.92 Å². The van der Waals surface area contributed by atoms with Crippen LogP contribution in [0.15, 0.2) is 34.7 Å². The van der Waals surface area contributed by atoms with Gasteiger partial charge < -0.3 is 4.42 Å². The summed E-state index contributed by atoms with van der Waals surface area (Å²) >= 11 is 0. The largest absolute Gasteiger partial charge is 0.459 e. The van der Waals surface area contributed by atoms with E-state index >= 15 is 0 Å². The van der Waals surface area contributed by atoms with Crippen molar-refractivity contribution in [3.05, 3.63) is 36.1 Å². The molecule has 3 rings (SSSR count). The lowest BCUT2D eigenvalue weighted by atomic mass is 9.84. The third-order valence-corrected chi connectivity index (χ3v) is 4.28. The van der Waals surface area contributed by atoms with Gasteiger partial charge in [-0.3, -0.25) is 5.84 Å². The summed E-state index contributed by atoms with van der Waals surface area (Å²) in [6.07, 6.45) is 7.86. The topological polar surface area (TPSA) is 51.2 Å². The first-order chi connectivity index (χ1) is 9.36. The van der Waals surface area contributed by atoms with Crippen LogP contribution in [0.2, 0.25) is 0 Å². The van der Waals surface area contributed by atoms with Crippen LogP contribution in [-0.2, 0) is 0 Å². The predicted octanol–water partition coefficient (Wildman–Crippen LogP) is 3.91. The molecule has 1 aromatic heterocycles. The van der Waals surface area contributed by atoms with Crippen LogP contribution in [0.5, 0.6) is 0 Å². The molecule has 1 aliphatic rings. The number of rotatable bonds is 4. The van der Waals surface area contributed by atoms with Gasteiger partial charge in [0.25, 0.3) is 0 Å². The quantitative estimate of drug-likeness (QED) is 0.646. The molecule has 3 N–H and O–H groups in total. The fraction of sp³-hybridized carbons (Fsp3) is 0.500. The van der Waals surface area contributed by atoms with E-state index in [1.165, 1.54) is 32.1 Å². The van der Waals surface area contributed by atoms with Crippen molar-refractivity contribution >= 4 is 11.0 Å². The van der Waals surface area contributed by atoms with Gasteiger partial charge in [-0.2, -0.15) is 0 Å². The molecule has 2 aromatic rings. The van der Waals surface area contributed by atoms with Gasteiger partial charge in [-0.1, -0.05) is 50.3 Å². The van der Waals surface area contributed by atoms with E-state index in [2.05, 4.69) is 17.6 Å². The van der Waals surface area contributed by atoms with Crippen LogP contribution in [0.25, 0.3) is 11.0 Å². The molecule has 1 unspecified atom stereocenters. The second-order valence-corrected chi connectivity index (χ2v) is 5.65. The van der Waals surface area contributed by atoms with Crippen LogP contribution in [-0.4, -0.2) is 0 Å². The Kier molecular flexibility index (Phi) is 3.85. The average molecular weight is 258 g/mol. The smallest absolute Gasteiger partial charge is 0.134 e. The molecule has 19 heavy (non-hydrogen) atoms. The van der Waals surface area contributed by atoms with Crippen molar-refractivity contribution in [2.24, 2.45) is 11.8 Å². The van der Waals surface area contributed by atoms with Gasteiger partial charge in [0.1, 0.15) is 11.3 Å². The summed E-state index contributed by atoms with van der Waals surface area (Å²) in [7, 11) is 0. The van der Waals surface area contributed by atoms with Crippen molar-refractivity contribution < 1.29 is 4.42 Å². The number of benzene rings is 1. The highest BCUT2D eigenvalue weighted by Gasteiger charge is 2.21. The molecule has 1 atom stereocenters. The van der Waals surface area contributed by atoms with Crippen LogP contribution in [0.3, 0.4) is 0 Å². The number of fused-ring (bicyclic) bond motifs is 1. The van der Waals surface area contributed by atoms with Gasteiger partial charge in [0.05, 0.1) is 6.04 Å². The number of nitrogens with two attached hydrogens (primary N) is 1. The second-order valence-electron chi connectivity index (χ2n) is 5.65. The van der Waals surface area contributed by atoms with Crippen molar-refractivity contribution in [2.45, 2.75) is 44.6 Å². The van der Waals surface area contributed by atoms with E-state index in [9.17, 15) is 0 Å². The highest BCUT2D eigenvalue weighted by atomic mass is 16.3. The van der Waals surface area contributed by atoms with Crippen molar-refractivity contribution in [2.75, 3.05) is 0 Å². The Bertz CT molecular complexity index is 495. The minimum absolute atomic E-state index is 0.135. The number of hydrogen-bond acceptors (Lipinski definition) is 3. The summed E-state index contributed by atoms with van der Waals surface area (Å²) in [5.41, 5.74) is 3.88. The standard InChI is InChI=1S/C16H22N2O/c17-18-14(10-12-6-2-1-3-7-12)16-11-13-8-4-5-9-15(13)19-16/h4-5,8-9,11-12,14,18H,1-3,6-7,10,17H2. The Balaban J connectivity index is 1.76. The third-order valence-electron chi connectivity index (χ3n) is 4.28. The van der Waals surface area contributed by atoms with Crippen molar-refractivity contribution in [1.29, 1.82) is 0 Å². The number of hydrogen-bond donors (Lipinski definition) is 2. The summed E-state index contributed by atoms with van der Waals surface area (Å²) in [5.74, 6) is 7.48. The lowest BCUT2D eigenvalue weighted by Crippen LogP contribution is -2.29. The molecule has 3 nitrogen and oxygen atoms in total. The average Bonchev–Trinajstić information content (AvgIpc) is 2.89. The third kappa shape index (κ3) is 2.82. The first-order valence-corrected chi connectivity index (χ1v) is 7.31. The Morgan fingerprint density at radius 3 is 2.74 bits per heavy atom. The number of furan rings is 1. The van der Waals surface area contributed by atoms with Gasteiger partial charge in [0, 0.05) is 5.39 Å². The maximum absolute atomic E-state index is 5.92. The molecule has 0 spiro atoms. The first kappa shape index (κ1) is 12.7. The maximum Gasteiger partial charge on any atom is 0.134 e. The monoisotopic (exact) mass is 258 g/mol. The number of para-hydroxylation sites is 1. The zero-order chi connectivity index (χ0) is 13.1. The summed E-state index contributed by atoms with van der Waals surface area (Å²) in [6, 6.07) is 10.4. The fourth-order valence-electron chi connectivity index (χ4n) is 3.20. The molecule has 1 fully saturated rings. The Morgan fingerprint density at radius 1 is 1.21 bits per heavy atom. The van der Waals surface area contributed by atoms with Gasteiger partial charge in [0.15, 0.2) is 0 Å². The molecular formula is C16H22N2O. The molecule has 102 valence electrons. The van der Waals surface area contributed by atoms with Gasteiger partial charge in [-0.25, -0.2) is 5.43 Å². The summed E-state index contributed by atoms with van der Waals surface area (Å²) in [5, 5.41) is 1.15. The van der Waals surface area contributed by atoms with E-state index in [1.54, 1.807) is 0 Å². The van der Waals surface area contributed by atoms with E-state index in [0.29, 0.717) is 0 Å². The zero-order valence-electron chi connectivity index (χ0n) is 11.3. The first-order valence-electron chi connectivity index (χ1n) is 7.31. The van der Waals surface area contributed by atoms with E-state index in [1.807, 2.05) is 18.2 Å². The molecule has 3 heteroatoms. The lowest BCUT2D eigenvalue weighted by Gasteiger charge is -2.25. The van der Waals surface area contributed by atoms with Crippen molar-refractivity contribution in [3.63, 3.8) is 0 Å². The van der Waals surface area contributed by atoms with Crippen molar-refractivity contribution in [3.8, 4) is 0 Å². The lowest BCUT2D eigenvalue weighted by molar-refractivity contribution is 0.284. The van der Waals surface area contributed by atoms with Crippen LogP contribution in [0.4, 0.5) is 0 Å². The minimum Gasteiger partial charge on any atom is -0.459 e. The van der Waals surface area contributed by atoms with Crippen LogP contribution in [0.1, 0.15) is 50.3 Å². The molecule has 0 aliphatic heterocycles. The molecule has 0 radical (unpaired) electrons. The Morgan fingerprint density at radius 2 is 2.00 bits per heavy atom. The van der Waals surface area contributed by atoms with Crippen LogP contribution >= 0.6 is 0 Å². The van der Waals surface area contributed by atoms with Gasteiger partial charge in [-0.15, -0.1) is 0 Å². The van der Waals surface area contributed by atoms with E-state index in [4.69, 9.17) is 10.3 Å².